The summed E-state index contributed by atoms with van der Waals surface area (Å²) < 4.78 is 1.05. The first-order valence-electron chi connectivity index (χ1n) is 5.89. The fraction of sp³-hybridized carbons (Fsp3) is 0.214. The van der Waals surface area contributed by atoms with Crippen LogP contribution >= 0.6 is 15.9 Å². The van der Waals surface area contributed by atoms with Crippen LogP contribution < -0.4 is 10.6 Å². The summed E-state index contributed by atoms with van der Waals surface area (Å²) in [4.78, 5) is 11.6. The molecule has 0 radical (unpaired) electrons. The van der Waals surface area contributed by atoms with Crippen molar-refractivity contribution in [3.05, 3.63) is 40.9 Å². The number of rotatable bonds is 4. The van der Waals surface area contributed by atoms with Crippen LogP contribution in [0.2, 0.25) is 0 Å². The maximum absolute atomic E-state index is 11.6. The standard InChI is InChI=1S/C14H15BrN2O/c1-2-16-9-14(18)17-13-6-4-10-7-12(15)5-3-11(10)8-13/h3-8,16H,2,9H2,1H3,(H,17,18). The third-order valence-electron chi connectivity index (χ3n) is 2.62. The maximum Gasteiger partial charge on any atom is 0.238 e. The second kappa shape index (κ2) is 5.98. The zero-order valence-corrected chi connectivity index (χ0v) is 11.8. The van der Waals surface area contributed by atoms with Gasteiger partial charge in [0, 0.05) is 10.2 Å². The molecule has 0 saturated carbocycles. The van der Waals surface area contributed by atoms with Gasteiger partial charge in [0.15, 0.2) is 0 Å². The molecule has 1 amide bonds. The highest BCUT2D eigenvalue weighted by molar-refractivity contribution is 9.10. The van der Waals surface area contributed by atoms with Crippen LogP contribution in [0.4, 0.5) is 5.69 Å². The lowest BCUT2D eigenvalue weighted by Crippen LogP contribution is -2.27. The summed E-state index contributed by atoms with van der Waals surface area (Å²) in [6.45, 7) is 3.11. The number of amides is 1. The first-order valence-corrected chi connectivity index (χ1v) is 6.68. The number of hydrogen-bond acceptors (Lipinski definition) is 2. The van der Waals surface area contributed by atoms with Gasteiger partial charge in [0.2, 0.25) is 5.91 Å². The zero-order chi connectivity index (χ0) is 13.0. The van der Waals surface area contributed by atoms with E-state index in [1.165, 1.54) is 0 Å². The minimum Gasteiger partial charge on any atom is -0.325 e. The van der Waals surface area contributed by atoms with Gasteiger partial charge in [0.1, 0.15) is 0 Å². The summed E-state index contributed by atoms with van der Waals surface area (Å²) in [6.07, 6.45) is 0. The van der Waals surface area contributed by atoms with Gasteiger partial charge in [-0.05, 0) is 41.6 Å². The summed E-state index contributed by atoms with van der Waals surface area (Å²) in [5, 5.41) is 8.12. The van der Waals surface area contributed by atoms with E-state index in [1.54, 1.807) is 0 Å². The third-order valence-corrected chi connectivity index (χ3v) is 3.11. The molecule has 0 spiro atoms. The maximum atomic E-state index is 11.6. The molecule has 94 valence electrons. The highest BCUT2D eigenvalue weighted by Crippen LogP contribution is 2.22. The van der Waals surface area contributed by atoms with Crippen LogP contribution in [0.5, 0.6) is 0 Å². The van der Waals surface area contributed by atoms with Crippen LogP contribution in [0.25, 0.3) is 10.8 Å². The summed E-state index contributed by atoms with van der Waals surface area (Å²) in [6, 6.07) is 12.0. The molecule has 0 aliphatic rings. The summed E-state index contributed by atoms with van der Waals surface area (Å²) in [7, 11) is 0. The Morgan fingerprint density at radius 2 is 1.89 bits per heavy atom. The van der Waals surface area contributed by atoms with Crippen molar-refractivity contribution in [1.29, 1.82) is 0 Å². The number of fused-ring (bicyclic) bond motifs is 1. The number of benzene rings is 2. The van der Waals surface area contributed by atoms with E-state index < -0.39 is 0 Å². The Kier molecular flexibility index (Phi) is 4.33. The van der Waals surface area contributed by atoms with Crippen LogP contribution in [-0.2, 0) is 4.79 Å². The topological polar surface area (TPSA) is 41.1 Å². The van der Waals surface area contributed by atoms with Crippen LogP contribution in [0.1, 0.15) is 6.92 Å². The minimum absolute atomic E-state index is 0.0201. The third kappa shape index (κ3) is 3.31. The Labute approximate surface area is 115 Å². The zero-order valence-electron chi connectivity index (χ0n) is 10.2. The molecule has 2 aromatic carbocycles. The molecular formula is C14H15BrN2O. The lowest BCUT2D eigenvalue weighted by Gasteiger charge is -2.07. The lowest BCUT2D eigenvalue weighted by molar-refractivity contribution is -0.115. The van der Waals surface area contributed by atoms with E-state index in [9.17, 15) is 4.79 Å². The van der Waals surface area contributed by atoms with Crippen molar-refractivity contribution in [2.75, 3.05) is 18.4 Å². The molecular weight excluding hydrogens is 292 g/mol. The van der Waals surface area contributed by atoms with Gasteiger partial charge >= 0.3 is 0 Å². The van der Waals surface area contributed by atoms with Gasteiger partial charge in [-0.1, -0.05) is 35.0 Å². The van der Waals surface area contributed by atoms with Gasteiger partial charge in [-0.15, -0.1) is 0 Å². The average molecular weight is 307 g/mol. The van der Waals surface area contributed by atoms with E-state index >= 15 is 0 Å². The smallest absolute Gasteiger partial charge is 0.238 e. The molecule has 0 aliphatic heterocycles. The number of carbonyl (C=O) groups is 1. The van der Waals surface area contributed by atoms with E-state index in [-0.39, 0.29) is 5.91 Å². The molecule has 3 nitrogen and oxygen atoms in total. The Morgan fingerprint density at radius 1 is 1.17 bits per heavy atom. The van der Waals surface area contributed by atoms with Crippen molar-refractivity contribution in [1.82, 2.24) is 5.32 Å². The van der Waals surface area contributed by atoms with Gasteiger partial charge in [0.25, 0.3) is 0 Å². The Balaban J connectivity index is 2.15. The van der Waals surface area contributed by atoms with Gasteiger partial charge < -0.3 is 10.6 Å². The Hall–Kier alpha value is -1.39. The largest absolute Gasteiger partial charge is 0.325 e. The van der Waals surface area contributed by atoms with Crippen molar-refractivity contribution in [2.45, 2.75) is 6.92 Å². The number of likely N-dealkylation sites (N-methyl/N-ethyl adjacent to an activating group) is 1. The molecule has 0 fully saturated rings. The fourth-order valence-corrected chi connectivity index (χ4v) is 2.12. The summed E-state index contributed by atoms with van der Waals surface area (Å²) in [5.74, 6) is -0.0201. The molecule has 2 N–H and O–H groups in total. The van der Waals surface area contributed by atoms with Crippen molar-refractivity contribution in [2.24, 2.45) is 0 Å². The Morgan fingerprint density at radius 3 is 2.67 bits per heavy atom. The van der Waals surface area contributed by atoms with Gasteiger partial charge in [-0.25, -0.2) is 0 Å². The fourth-order valence-electron chi connectivity index (χ4n) is 1.74. The van der Waals surface area contributed by atoms with E-state index in [2.05, 4.69) is 32.6 Å². The van der Waals surface area contributed by atoms with Gasteiger partial charge in [-0.2, -0.15) is 0 Å². The van der Waals surface area contributed by atoms with E-state index in [0.29, 0.717) is 6.54 Å². The number of anilines is 1. The molecule has 0 atom stereocenters. The minimum atomic E-state index is -0.0201. The number of carbonyl (C=O) groups excluding carboxylic acids is 1. The van der Waals surface area contributed by atoms with Crippen LogP contribution in [0, 0.1) is 0 Å². The first kappa shape index (κ1) is 13.1. The second-order valence-corrected chi connectivity index (χ2v) is 4.95. The predicted molar refractivity (Wildman–Crippen MR) is 78.8 cm³/mol. The Bertz CT molecular complexity index is 569. The van der Waals surface area contributed by atoms with Crippen molar-refractivity contribution in [3.8, 4) is 0 Å². The SMILES string of the molecule is CCNCC(=O)Nc1ccc2cc(Br)ccc2c1. The molecule has 2 aromatic rings. The molecule has 0 aliphatic carbocycles. The highest BCUT2D eigenvalue weighted by Gasteiger charge is 2.02. The monoisotopic (exact) mass is 306 g/mol. The van der Waals surface area contributed by atoms with Crippen molar-refractivity contribution >= 4 is 38.3 Å². The van der Waals surface area contributed by atoms with Crippen LogP contribution in [0.15, 0.2) is 40.9 Å². The highest BCUT2D eigenvalue weighted by atomic mass is 79.9. The molecule has 0 aromatic heterocycles. The molecule has 0 heterocycles. The van der Waals surface area contributed by atoms with E-state index in [4.69, 9.17) is 0 Å². The van der Waals surface area contributed by atoms with Crippen LogP contribution in [-0.4, -0.2) is 19.0 Å². The second-order valence-electron chi connectivity index (χ2n) is 4.03. The van der Waals surface area contributed by atoms with E-state index in [1.807, 2.05) is 37.3 Å². The summed E-state index contributed by atoms with van der Waals surface area (Å²) in [5.41, 5.74) is 0.827. The molecule has 2 rings (SSSR count). The molecule has 0 unspecified atom stereocenters. The molecule has 0 bridgehead atoms. The number of hydrogen-bond donors (Lipinski definition) is 2. The summed E-state index contributed by atoms with van der Waals surface area (Å²) >= 11 is 3.44. The number of nitrogens with one attached hydrogen (secondary N) is 2. The van der Waals surface area contributed by atoms with E-state index in [0.717, 1.165) is 27.5 Å². The quantitative estimate of drug-likeness (QED) is 0.911. The molecule has 4 heteroatoms. The average Bonchev–Trinajstić information content (AvgIpc) is 2.36. The first-order chi connectivity index (χ1) is 8.69. The number of halogens is 1. The molecule has 0 saturated heterocycles. The molecule has 18 heavy (non-hydrogen) atoms. The predicted octanol–water partition coefficient (Wildman–Crippen LogP) is 3.15. The normalized spacial score (nSPS) is 10.6. The van der Waals surface area contributed by atoms with Gasteiger partial charge in [-0.3, -0.25) is 4.79 Å². The van der Waals surface area contributed by atoms with Crippen LogP contribution in [0.3, 0.4) is 0 Å². The van der Waals surface area contributed by atoms with Crippen molar-refractivity contribution in [3.63, 3.8) is 0 Å². The van der Waals surface area contributed by atoms with Crippen molar-refractivity contribution < 1.29 is 4.79 Å². The van der Waals surface area contributed by atoms with Gasteiger partial charge in [0.05, 0.1) is 6.54 Å². The lowest BCUT2D eigenvalue weighted by atomic mass is 10.1.